The number of allylic oxidation sites excluding steroid dienone is 1. The number of benzene rings is 2. The predicted molar refractivity (Wildman–Crippen MR) is 98.3 cm³/mol. The van der Waals surface area contributed by atoms with Gasteiger partial charge in [-0.3, -0.25) is 4.79 Å². The van der Waals surface area contributed by atoms with Gasteiger partial charge in [-0.2, -0.15) is 0 Å². The molecule has 2 aromatic carbocycles. The number of rotatable bonds is 5. The average Bonchev–Trinajstić information content (AvgIpc) is 2.54. The number of ether oxygens (including phenoxy) is 1. The molecule has 0 aliphatic heterocycles. The summed E-state index contributed by atoms with van der Waals surface area (Å²) in [6.45, 7) is 3.56. The van der Waals surface area contributed by atoms with E-state index in [1.54, 1.807) is 19.3 Å². The Kier molecular flexibility index (Phi) is 6.05. The fourth-order valence-corrected chi connectivity index (χ4v) is 3.59. The van der Waals surface area contributed by atoms with E-state index >= 15 is 0 Å². The highest BCUT2D eigenvalue weighted by molar-refractivity contribution is 8.13. The van der Waals surface area contributed by atoms with Gasteiger partial charge >= 0.3 is 0 Å². The minimum absolute atomic E-state index is 0.0463. The zero-order valence-corrected chi connectivity index (χ0v) is 14.8. The quantitative estimate of drug-likeness (QED) is 0.425. The van der Waals surface area contributed by atoms with Crippen LogP contribution < -0.4 is 0 Å². The van der Waals surface area contributed by atoms with Gasteiger partial charge in [0.25, 0.3) is 0 Å². The van der Waals surface area contributed by atoms with Crippen LogP contribution in [0.4, 0.5) is 4.39 Å². The molecule has 0 amide bonds. The summed E-state index contributed by atoms with van der Waals surface area (Å²) in [5.74, 6) is 2.73. The van der Waals surface area contributed by atoms with E-state index in [0.717, 1.165) is 51.4 Å². The fourth-order valence-electron chi connectivity index (χ4n) is 2.68. The van der Waals surface area contributed by atoms with E-state index in [0.29, 0.717) is 5.76 Å². The molecule has 0 saturated carbocycles. The van der Waals surface area contributed by atoms with Gasteiger partial charge in [-0.25, -0.2) is 4.39 Å². The van der Waals surface area contributed by atoms with Crippen LogP contribution >= 0.6 is 11.8 Å². The highest BCUT2D eigenvalue weighted by Gasteiger charge is 2.18. The number of methoxy groups -OCH3 is 1. The van der Waals surface area contributed by atoms with Crippen LogP contribution in [-0.4, -0.2) is 12.2 Å². The van der Waals surface area contributed by atoms with Gasteiger partial charge < -0.3 is 4.74 Å². The number of carbonyl (C=O) groups excluding carboxylic acids is 1. The lowest BCUT2D eigenvalue weighted by Crippen LogP contribution is -2.01. The fraction of sp³-hybridized carbons (Fsp3) is 0.250. The highest BCUT2D eigenvalue weighted by atomic mass is 32.2. The van der Waals surface area contributed by atoms with Crippen molar-refractivity contribution in [3.05, 3.63) is 47.3 Å². The molecular weight excluding hydrogens is 323 g/mol. The summed E-state index contributed by atoms with van der Waals surface area (Å²) in [5, 5.41) is 1.53. The molecule has 0 heterocycles. The van der Waals surface area contributed by atoms with Crippen molar-refractivity contribution in [2.75, 3.05) is 7.11 Å². The molecule has 0 atom stereocenters. The first kappa shape index (κ1) is 18.1. The van der Waals surface area contributed by atoms with Crippen LogP contribution in [0.25, 0.3) is 16.5 Å². The molecule has 2 rings (SSSR count). The smallest absolute Gasteiger partial charge is 0.190 e. The van der Waals surface area contributed by atoms with Gasteiger partial charge in [0.05, 0.1) is 7.11 Å². The molecule has 0 spiro atoms. The van der Waals surface area contributed by atoms with Crippen molar-refractivity contribution in [2.24, 2.45) is 0 Å². The molecule has 0 bridgehead atoms. The highest BCUT2D eigenvalue weighted by Crippen LogP contribution is 2.38. The molecule has 0 unspecified atom stereocenters. The van der Waals surface area contributed by atoms with E-state index in [9.17, 15) is 9.18 Å². The largest absolute Gasteiger partial charge is 0.495 e. The van der Waals surface area contributed by atoms with Gasteiger partial charge in [0.1, 0.15) is 11.6 Å². The van der Waals surface area contributed by atoms with Crippen LogP contribution in [0.2, 0.25) is 0 Å². The molecule has 0 aromatic heterocycles. The van der Waals surface area contributed by atoms with Crippen molar-refractivity contribution >= 4 is 33.4 Å². The first-order chi connectivity index (χ1) is 11.5. The lowest BCUT2D eigenvalue weighted by Gasteiger charge is -2.18. The molecule has 0 saturated heterocycles. The maximum Gasteiger partial charge on any atom is 0.190 e. The van der Waals surface area contributed by atoms with Crippen LogP contribution in [0.15, 0.2) is 35.2 Å². The third kappa shape index (κ3) is 3.80. The van der Waals surface area contributed by atoms with E-state index in [-0.39, 0.29) is 10.9 Å². The Morgan fingerprint density at radius 2 is 2.17 bits per heavy atom. The van der Waals surface area contributed by atoms with Crippen molar-refractivity contribution < 1.29 is 13.9 Å². The first-order valence-corrected chi connectivity index (χ1v) is 8.47. The Hall–Kier alpha value is -2.25. The van der Waals surface area contributed by atoms with E-state index < -0.39 is 0 Å². The molecular formula is C20H19FO2S. The monoisotopic (exact) mass is 342 g/mol. The molecule has 0 fully saturated rings. The lowest BCUT2D eigenvalue weighted by atomic mass is 9.96. The standard InChI is InChI=1S/C20H19FO2S/c1-5-7-16-18(19(23-4)8-6-2)11-14-9-10-15(21)12-17(14)20(16)24-13(3)22/h2,8-12H,5,7H2,1,3-4H3/b19-8+. The molecule has 124 valence electrons. The maximum atomic E-state index is 13.8. The molecule has 24 heavy (non-hydrogen) atoms. The van der Waals surface area contributed by atoms with Crippen LogP contribution in [0.3, 0.4) is 0 Å². The van der Waals surface area contributed by atoms with Gasteiger partial charge in [-0.05, 0) is 41.0 Å². The van der Waals surface area contributed by atoms with Crippen molar-refractivity contribution in [1.29, 1.82) is 0 Å². The zero-order valence-electron chi connectivity index (χ0n) is 14.0. The van der Waals surface area contributed by atoms with Gasteiger partial charge in [0, 0.05) is 23.5 Å². The maximum absolute atomic E-state index is 13.8. The second kappa shape index (κ2) is 8.03. The van der Waals surface area contributed by atoms with E-state index in [4.69, 9.17) is 11.2 Å². The molecule has 2 nitrogen and oxygen atoms in total. The number of terminal acetylenes is 1. The van der Waals surface area contributed by atoms with Gasteiger partial charge in [0.15, 0.2) is 5.12 Å². The second-order valence-electron chi connectivity index (χ2n) is 5.32. The minimum atomic E-state index is -0.325. The number of halogens is 1. The summed E-state index contributed by atoms with van der Waals surface area (Å²) in [4.78, 5) is 12.5. The topological polar surface area (TPSA) is 26.3 Å². The van der Waals surface area contributed by atoms with Gasteiger partial charge in [0.2, 0.25) is 0 Å². The molecule has 4 heteroatoms. The Morgan fingerprint density at radius 1 is 1.42 bits per heavy atom. The van der Waals surface area contributed by atoms with E-state index in [1.807, 2.05) is 6.07 Å². The Bertz CT molecular complexity index is 847. The van der Waals surface area contributed by atoms with E-state index in [2.05, 4.69) is 12.8 Å². The summed E-state index contributed by atoms with van der Waals surface area (Å²) >= 11 is 1.12. The average molecular weight is 342 g/mol. The molecule has 0 N–H and O–H groups in total. The van der Waals surface area contributed by atoms with Crippen LogP contribution in [0.1, 0.15) is 31.4 Å². The summed E-state index contributed by atoms with van der Waals surface area (Å²) in [5.41, 5.74) is 1.80. The normalized spacial score (nSPS) is 11.4. The molecule has 2 aromatic rings. The number of hydrogen-bond acceptors (Lipinski definition) is 3. The van der Waals surface area contributed by atoms with Gasteiger partial charge in [-0.15, -0.1) is 6.42 Å². The molecule has 0 radical (unpaired) electrons. The molecule has 0 aliphatic carbocycles. The van der Waals surface area contributed by atoms with Gasteiger partial charge in [-0.1, -0.05) is 37.1 Å². The zero-order chi connectivity index (χ0) is 17.7. The summed E-state index contributed by atoms with van der Waals surface area (Å²) in [6.07, 6.45) is 8.58. The predicted octanol–water partition coefficient (Wildman–Crippen LogP) is 5.19. The van der Waals surface area contributed by atoms with E-state index in [1.165, 1.54) is 19.1 Å². The minimum Gasteiger partial charge on any atom is -0.495 e. The van der Waals surface area contributed by atoms with Crippen molar-refractivity contribution in [3.8, 4) is 12.3 Å². The van der Waals surface area contributed by atoms with Crippen LogP contribution in [0.5, 0.6) is 0 Å². The Labute approximate surface area is 146 Å². The number of hydrogen-bond donors (Lipinski definition) is 0. The number of thioether (sulfide) groups is 1. The Balaban J connectivity index is 2.89. The number of fused-ring (bicyclic) bond motifs is 1. The summed E-state index contributed by atoms with van der Waals surface area (Å²) < 4.78 is 19.2. The SMILES string of the molecule is C#C/C=C(/OC)c1cc2ccc(F)cc2c(SC(C)=O)c1CCC. The second-order valence-corrected chi connectivity index (χ2v) is 6.51. The number of carbonyl (C=O) groups is 1. The van der Waals surface area contributed by atoms with Crippen molar-refractivity contribution in [2.45, 2.75) is 31.6 Å². The summed E-state index contributed by atoms with van der Waals surface area (Å²) in [6, 6.07) is 6.53. The lowest BCUT2D eigenvalue weighted by molar-refractivity contribution is -0.109. The molecule has 0 aliphatic rings. The third-order valence-electron chi connectivity index (χ3n) is 3.60. The van der Waals surface area contributed by atoms with Crippen LogP contribution in [0, 0.1) is 18.2 Å². The van der Waals surface area contributed by atoms with Crippen molar-refractivity contribution in [1.82, 2.24) is 0 Å². The van der Waals surface area contributed by atoms with Crippen molar-refractivity contribution in [3.63, 3.8) is 0 Å². The Morgan fingerprint density at radius 3 is 2.75 bits per heavy atom. The first-order valence-electron chi connectivity index (χ1n) is 7.66. The summed E-state index contributed by atoms with van der Waals surface area (Å²) in [7, 11) is 1.56. The van der Waals surface area contributed by atoms with Crippen LogP contribution in [-0.2, 0) is 16.0 Å². The third-order valence-corrected chi connectivity index (χ3v) is 4.56.